The molecule has 30 heavy (non-hydrogen) atoms. The van der Waals surface area contributed by atoms with E-state index in [1.807, 2.05) is 0 Å². The van der Waals surface area contributed by atoms with Crippen LogP contribution in [0.25, 0.3) is 11.0 Å². The summed E-state index contributed by atoms with van der Waals surface area (Å²) >= 11 is 0. The maximum Gasteiger partial charge on any atom is 0.417 e. The number of nitrogens with one attached hydrogen (secondary N) is 2. The molecule has 1 saturated carbocycles. The van der Waals surface area contributed by atoms with Crippen LogP contribution in [0.2, 0.25) is 0 Å². The van der Waals surface area contributed by atoms with E-state index in [0.29, 0.717) is 11.3 Å². The third-order valence-corrected chi connectivity index (χ3v) is 5.70. The lowest BCUT2D eigenvalue weighted by molar-refractivity contribution is -0.137. The Morgan fingerprint density at radius 2 is 2.03 bits per heavy atom. The SMILES string of the molecule is CNC1N=C(c2c[nH]c3ncc(C(F)(F)F)cc23)C(C#N)=C(C2CCCCC2)N1O. The van der Waals surface area contributed by atoms with Crippen molar-refractivity contribution in [3.8, 4) is 6.07 Å². The molecule has 2 aromatic rings. The second-order valence-electron chi connectivity index (χ2n) is 7.51. The highest BCUT2D eigenvalue weighted by molar-refractivity contribution is 6.21. The van der Waals surface area contributed by atoms with Crippen molar-refractivity contribution in [2.45, 2.75) is 44.6 Å². The highest BCUT2D eigenvalue weighted by Crippen LogP contribution is 2.38. The third-order valence-electron chi connectivity index (χ3n) is 5.70. The van der Waals surface area contributed by atoms with Crippen molar-refractivity contribution >= 4 is 16.7 Å². The topological polar surface area (TPSA) is 100 Å². The molecule has 2 aromatic heterocycles. The first-order valence-electron chi connectivity index (χ1n) is 9.77. The minimum absolute atomic E-state index is 0.0196. The smallest absolute Gasteiger partial charge is 0.345 e. The lowest BCUT2D eigenvalue weighted by Crippen LogP contribution is -2.46. The number of aliphatic imine (C=N–C) groups is 1. The molecule has 1 unspecified atom stereocenters. The summed E-state index contributed by atoms with van der Waals surface area (Å²) in [5.41, 5.74) is 0.628. The molecule has 0 radical (unpaired) electrons. The molecule has 10 heteroatoms. The zero-order valence-corrected chi connectivity index (χ0v) is 16.3. The average molecular weight is 418 g/mol. The molecule has 3 heterocycles. The van der Waals surface area contributed by atoms with Crippen molar-refractivity contribution < 1.29 is 18.4 Å². The molecule has 0 amide bonds. The van der Waals surface area contributed by atoms with Gasteiger partial charge in [-0.25, -0.2) is 15.0 Å². The highest BCUT2D eigenvalue weighted by Gasteiger charge is 2.36. The van der Waals surface area contributed by atoms with E-state index in [1.165, 1.54) is 6.20 Å². The monoisotopic (exact) mass is 418 g/mol. The standard InChI is InChI=1S/C20H21F3N6O/c1-25-19-28-16(14(8-24)17(29(19)30)11-5-3-2-4-6-11)15-10-27-18-13(15)7-12(9-26-18)20(21,22)23/h7,9-11,19,25,30H,2-6H2,1H3,(H,26,27). The van der Waals surface area contributed by atoms with Gasteiger partial charge in [-0.15, -0.1) is 0 Å². The number of hydrogen-bond donors (Lipinski definition) is 3. The number of nitriles is 1. The van der Waals surface area contributed by atoms with Crippen LogP contribution >= 0.6 is 0 Å². The summed E-state index contributed by atoms with van der Waals surface area (Å²) < 4.78 is 39.7. The Bertz CT molecular complexity index is 1060. The molecule has 2 aliphatic rings. The summed E-state index contributed by atoms with van der Waals surface area (Å²) in [6, 6.07) is 3.14. The number of aromatic amines is 1. The van der Waals surface area contributed by atoms with Crippen LogP contribution in [0, 0.1) is 17.2 Å². The van der Waals surface area contributed by atoms with Crippen LogP contribution in [0.4, 0.5) is 13.2 Å². The molecular formula is C20H21F3N6O. The van der Waals surface area contributed by atoms with Crippen LogP contribution in [0.3, 0.4) is 0 Å². The molecule has 7 nitrogen and oxygen atoms in total. The minimum Gasteiger partial charge on any atom is -0.345 e. The van der Waals surface area contributed by atoms with Gasteiger partial charge >= 0.3 is 6.18 Å². The van der Waals surface area contributed by atoms with Gasteiger partial charge in [-0.1, -0.05) is 19.3 Å². The largest absolute Gasteiger partial charge is 0.417 e. The van der Waals surface area contributed by atoms with Crippen LogP contribution in [-0.4, -0.2) is 39.3 Å². The fraction of sp³-hybridized carbons (Fsp3) is 0.450. The maximum absolute atomic E-state index is 13.2. The van der Waals surface area contributed by atoms with Gasteiger partial charge in [-0.3, -0.25) is 10.5 Å². The summed E-state index contributed by atoms with van der Waals surface area (Å²) in [5, 5.41) is 24.8. The van der Waals surface area contributed by atoms with Crippen molar-refractivity contribution in [1.29, 1.82) is 5.26 Å². The number of fused-ring (bicyclic) bond motifs is 1. The Balaban J connectivity index is 1.89. The second-order valence-corrected chi connectivity index (χ2v) is 7.51. The normalized spacial score (nSPS) is 21.1. The minimum atomic E-state index is -4.54. The molecule has 4 rings (SSSR count). The third kappa shape index (κ3) is 3.44. The number of aromatic nitrogens is 2. The van der Waals surface area contributed by atoms with E-state index < -0.39 is 18.0 Å². The van der Waals surface area contributed by atoms with Crippen molar-refractivity contribution in [1.82, 2.24) is 20.3 Å². The number of halogens is 3. The summed E-state index contributed by atoms with van der Waals surface area (Å²) in [6.07, 6.45) is 1.62. The fourth-order valence-electron chi connectivity index (χ4n) is 4.23. The van der Waals surface area contributed by atoms with Crippen LogP contribution in [-0.2, 0) is 6.18 Å². The number of hydrogen-bond acceptors (Lipinski definition) is 6. The Hall–Kier alpha value is -2.90. The van der Waals surface area contributed by atoms with Crippen LogP contribution < -0.4 is 5.32 Å². The molecule has 158 valence electrons. The van der Waals surface area contributed by atoms with Crippen molar-refractivity contribution in [2.75, 3.05) is 7.05 Å². The van der Waals surface area contributed by atoms with E-state index in [9.17, 15) is 23.6 Å². The molecule has 1 atom stereocenters. The second kappa shape index (κ2) is 7.74. The number of rotatable bonds is 3. The molecule has 1 aliphatic heterocycles. The van der Waals surface area contributed by atoms with E-state index in [0.717, 1.165) is 49.4 Å². The highest BCUT2D eigenvalue weighted by atomic mass is 19.4. The Kier molecular flexibility index (Phi) is 5.26. The van der Waals surface area contributed by atoms with E-state index >= 15 is 0 Å². The Labute approximate surface area is 170 Å². The van der Waals surface area contributed by atoms with E-state index in [1.54, 1.807) is 7.05 Å². The predicted molar refractivity (Wildman–Crippen MR) is 103 cm³/mol. The first kappa shape index (κ1) is 20.4. The number of allylic oxidation sites excluding steroid dienone is 2. The summed E-state index contributed by atoms with van der Waals surface area (Å²) in [4.78, 5) is 11.2. The number of alkyl halides is 3. The Morgan fingerprint density at radius 3 is 2.67 bits per heavy atom. The lowest BCUT2D eigenvalue weighted by Gasteiger charge is -2.37. The van der Waals surface area contributed by atoms with Gasteiger partial charge in [0, 0.05) is 29.3 Å². The van der Waals surface area contributed by atoms with E-state index in [4.69, 9.17) is 0 Å². The van der Waals surface area contributed by atoms with Crippen molar-refractivity contribution in [2.24, 2.45) is 10.9 Å². The van der Waals surface area contributed by atoms with Crippen LogP contribution in [0.1, 0.15) is 43.2 Å². The summed E-state index contributed by atoms with van der Waals surface area (Å²) in [6.45, 7) is 0. The molecule has 0 bridgehead atoms. The molecule has 1 fully saturated rings. The molecule has 0 spiro atoms. The number of nitrogens with zero attached hydrogens (tertiary/aromatic N) is 4. The van der Waals surface area contributed by atoms with Gasteiger partial charge in [-0.05, 0) is 26.0 Å². The molecular weight excluding hydrogens is 397 g/mol. The van der Waals surface area contributed by atoms with E-state index in [-0.39, 0.29) is 28.2 Å². The van der Waals surface area contributed by atoms with Gasteiger partial charge in [0.25, 0.3) is 0 Å². The predicted octanol–water partition coefficient (Wildman–Crippen LogP) is 3.94. The molecule has 3 N–H and O–H groups in total. The van der Waals surface area contributed by atoms with Gasteiger partial charge in [0.15, 0.2) is 6.29 Å². The van der Waals surface area contributed by atoms with Crippen molar-refractivity contribution in [3.63, 3.8) is 0 Å². The van der Waals surface area contributed by atoms with Crippen LogP contribution in [0.5, 0.6) is 0 Å². The number of pyridine rings is 1. The molecule has 1 aliphatic carbocycles. The number of H-pyrrole nitrogens is 1. The van der Waals surface area contributed by atoms with Gasteiger partial charge < -0.3 is 4.98 Å². The zero-order valence-electron chi connectivity index (χ0n) is 16.3. The van der Waals surface area contributed by atoms with Crippen LogP contribution in [0.15, 0.2) is 34.7 Å². The molecule has 0 aromatic carbocycles. The first-order chi connectivity index (χ1) is 14.3. The average Bonchev–Trinajstić information content (AvgIpc) is 3.16. The van der Waals surface area contributed by atoms with Crippen molar-refractivity contribution in [3.05, 3.63) is 40.9 Å². The summed E-state index contributed by atoms with van der Waals surface area (Å²) in [7, 11) is 1.61. The van der Waals surface area contributed by atoms with Gasteiger partial charge in [0.2, 0.25) is 0 Å². The fourth-order valence-corrected chi connectivity index (χ4v) is 4.23. The van der Waals surface area contributed by atoms with E-state index in [2.05, 4.69) is 26.3 Å². The lowest BCUT2D eigenvalue weighted by atomic mass is 9.83. The van der Waals surface area contributed by atoms with Gasteiger partial charge in [-0.2, -0.15) is 18.4 Å². The summed E-state index contributed by atoms with van der Waals surface area (Å²) in [5.74, 6) is -0.0196. The maximum atomic E-state index is 13.2. The Morgan fingerprint density at radius 1 is 1.30 bits per heavy atom. The van der Waals surface area contributed by atoms with Gasteiger partial charge in [0.05, 0.1) is 22.5 Å². The molecule has 0 saturated heterocycles. The number of hydroxylamine groups is 2. The quantitative estimate of drug-likeness (QED) is 0.701. The zero-order chi connectivity index (χ0) is 21.5. The van der Waals surface area contributed by atoms with Gasteiger partial charge in [0.1, 0.15) is 11.7 Å². The first-order valence-corrected chi connectivity index (χ1v) is 9.77.